The van der Waals surface area contributed by atoms with E-state index in [1.807, 2.05) is 60.7 Å². The summed E-state index contributed by atoms with van der Waals surface area (Å²) >= 11 is 6.05. The third kappa shape index (κ3) is 4.97. The van der Waals surface area contributed by atoms with Crippen LogP contribution in [0.25, 0.3) is 22.3 Å². The van der Waals surface area contributed by atoms with E-state index < -0.39 is 0 Å². The number of nitrogens with zero attached hydrogens (tertiary/aromatic N) is 2. The number of ether oxygens (including phenoxy) is 1. The molecule has 0 aliphatic rings. The van der Waals surface area contributed by atoms with Crippen LogP contribution in [0.2, 0.25) is 5.02 Å². The summed E-state index contributed by atoms with van der Waals surface area (Å²) in [6.45, 7) is 3.32. The summed E-state index contributed by atoms with van der Waals surface area (Å²) in [5.41, 5.74) is 2.85. The molecule has 4 nitrogen and oxygen atoms in total. The van der Waals surface area contributed by atoms with E-state index in [1.165, 1.54) is 5.56 Å². The first kappa shape index (κ1) is 21.1. The van der Waals surface area contributed by atoms with E-state index in [4.69, 9.17) is 21.3 Å². The molecule has 0 fully saturated rings. The van der Waals surface area contributed by atoms with Gasteiger partial charge in [0.25, 0.3) is 5.56 Å². The van der Waals surface area contributed by atoms with Crippen LogP contribution in [-0.4, -0.2) is 16.2 Å². The lowest BCUT2D eigenvalue weighted by Gasteiger charge is -2.14. The molecule has 0 unspecified atom stereocenters. The molecule has 0 aliphatic heterocycles. The SMILES string of the molecule is CCc1ccc(OCCCCn2c(-c3ccc(Cl)cc3)nc3ccccc3c2=O)cc1. The molecule has 4 aromatic rings. The first-order valence-electron chi connectivity index (χ1n) is 10.6. The summed E-state index contributed by atoms with van der Waals surface area (Å²) in [5, 5.41) is 1.29. The zero-order valence-electron chi connectivity index (χ0n) is 17.6. The lowest BCUT2D eigenvalue weighted by Crippen LogP contribution is -2.24. The molecule has 0 saturated carbocycles. The van der Waals surface area contributed by atoms with Crippen LogP contribution < -0.4 is 10.3 Å². The second-order valence-corrected chi connectivity index (χ2v) is 7.91. The van der Waals surface area contributed by atoms with E-state index in [1.54, 1.807) is 4.57 Å². The molecular weight excluding hydrogens is 408 g/mol. The van der Waals surface area contributed by atoms with E-state index in [-0.39, 0.29) is 5.56 Å². The summed E-state index contributed by atoms with van der Waals surface area (Å²) in [5.74, 6) is 1.54. The van der Waals surface area contributed by atoms with Crippen molar-refractivity contribution in [1.82, 2.24) is 9.55 Å². The minimum absolute atomic E-state index is 0.0216. The van der Waals surface area contributed by atoms with Gasteiger partial charge in [-0.2, -0.15) is 0 Å². The highest BCUT2D eigenvalue weighted by Gasteiger charge is 2.12. The first-order valence-corrected chi connectivity index (χ1v) is 11.0. The maximum Gasteiger partial charge on any atom is 0.261 e. The van der Waals surface area contributed by atoms with Crippen molar-refractivity contribution in [3.05, 3.63) is 93.7 Å². The molecule has 158 valence electrons. The number of aromatic nitrogens is 2. The Morgan fingerprint density at radius 3 is 2.42 bits per heavy atom. The third-order valence-electron chi connectivity index (χ3n) is 5.34. The van der Waals surface area contributed by atoms with Gasteiger partial charge < -0.3 is 4.74 Å². The van der Waals surface area contributed by atoms with Gasteiger partial charge in [-0.05, 0) is 73.4 Å². The zero-order chi connectivity index (χ0) is 21.6. The molecule has 3 aromatic carbocycles. The van der Waals surface area contributed by atoms with Crippen molar-refractivity contribution < 1.29 is 4.74 Å². The van der Waals surface area contributed by atoms with Gasteiger partial charge in [-0.25, -0.2) is 4.98 Å². The van der Waals surface area contributed by atoms with Crippen LogP contribution in [0.4, 0.5) is 0 Å². The van der Waals surface area contributed by atoms with E-state index >= 15 is 0 Å². The van der Waals surface area contributed by atoms with Gasteiger partial charge in [0.1, 0.15) is 11.6 Å². The summed E-state index contributed by atoms with van der Waals surface area (Å²) in [4.78, 5) is 18.0. The number of halogens is 1. The number of aryl methyl sites for hydroxylation is 1. The summed E-state index contributed by atoms with van der Waals surface area (Å²) in [7, 11) is 0. The van der Waals surface area contributed by atoms with Gasteiger partial charge in [-0.15, -0.1) is 0 Å². The van der Waals surface area contributed by atoms with Crippen molar-refractivity contribution in [3.63, 3.8) is 0 Å². The quantitative estimate of drug-likeness (QED) is 0.314. The summed E-state index contributed by atoms with van der Waals surface area (Å²) in [6.07, 6.45) is 2.67. The van der Waals surface area contributed by atoms with Crippen LogP contribution in [0.15, 0.2) is 77.6 Å². The van der Waals surface area contributed by atoms with Crippen molar-refractivity contribution in [1.29, 1.82) is 0 Å². The van der Waals surface area contributed by atoms with E-state index in [0.717, 1.165) is 30.6 Å². The Kier molecular flexibility index (Phi) is 6.68. The predicted molar refractivity (Wildman–Crippen MR) is 127 cm³/mol. The van der Waals surface area contributed by atoms with Crippen molar-refractivity contribution in [2.45, 2.75) is 32.7 Å². The molecule has 0 atom stereocenters. The summed E-state index contributed by atoms with van der Waals surface area (Å²) in [6, 6.07) is 23.1. The molecule has 0 bridgehead atoms. The minimum atomic E-state index is -0.0216. The van der Waals surface area contributed by atoms with Gasteiger partial charge in [-0.1, -0.05) is 42.8 Å². The minimum Gasteiger partial charge on any atom is -0.494 e. The van der Waals surface area contributed by atoms with Crippen molar-refractivity contribution in [3.8, 4) is 17.1 Å². The molecule has 0 saturated heterocycles. The monoisotopic (exact) mass is 432 g/mol. The third-order valence-corrected chi connectivity index (χ3v) is 5.59. The smallest absolute Gasteiger partial charge is 0.261 e. The zero-order valence-corrected chi connectivity index (χ0v) is 18.3. The Balaban J connectivity index is 1.50. The average Bonchev–Trinajstić information content (AvgIpc) is 2.81. The number of fused-ring (bicyclic) bond motifs is 1. The fraction of sp³-hybridized carbons (Fsp3) is 0.231. The second-order valence-electron chi connectivity index (χ2n) is 7.47. The van der Waals surface area contributed by atoms with Crippen LogP contribution in [0.5, 0.6) is 5.75 Å². The molecule has 1 heterocycles. The maximum absolute atomic E-state index is 13.2. The number of rotatable bonds is 8. The first-order chi connectivity index (χ1) is 15.2. The van der Waals surface area contributed by atoms with Crippen molar-refractivity contribution >= 4 is 22.5 Å². The topological polar surface area (TPSA) is 44.1 Å². The average molecular weight is 433 g/mol. The lowest BCUT2D eigenvalue weighted by atomic mass is 10.1. The molecule has 0 N–H and O–H groups in total. The highest BCUT2D eigenvalue weighted by molar-refractivity contribution is 6.30. The molecule has 0 radical (unpaired) electrons. The number of hydrogen-bond donors (Lipinski definition) is 0. The van der Waals surface area contributed by atoms with Gasteiger partial charge in [-0.3, -0.25) is 9.36 Å². The fourth-order valence-corrected chi connectivity index (χ4v) is 3.70. The van der Waals surface area contributed by atoms with Crippen LogP contribution in [0, 0.1) is 0 Å². The Bertz CT molecular complexity index is 1220. The van der Waals surface area contributed by atoms with E-state index in [9.17, 15) is 4.79 Å². The molecule has 0 aliphatic carbocycles. The van der Waals surface area contributed by atoms with E-state index in [0.29, 0.717) is 34.9 Å². The molecule has 0 spiro atoms. The highest BCUT2D eigenvalue weighted by Crippen LogP contribution is 2.21. The lowest BCUT2D eigenvalue weighted by molar-refractivity contribution is 0.303. The molecule has 4 rings (SSSR count). The molecule has 0 amide bonds. The Labute approximate surface area is 187 Å². The van der Waals surface area contributed by atoms with Gasteiger partial charge in [0.05, 0.1) is 17.5 Å². The van der Waals surface area contributed by atoms with Gasteiger partial charge in [0.15, 0.2) is 0 Å². The molecule has 31 heavy (non-hydrogen) atoms. The number of hydrogen-bond acceptors (Lipinski definition) is 3. The molecule has 1 aromatic heterocycles. The maximum atomic E-state index is 13.2. The normalized spacial score (nSPS) is 11.0. The number of benzene rings is 3. The summed E-state index contributed by atoms with van der Waals surface area (Å²) < 4.78 is 7.62. The molecule has 5 heteroatoms. The van der Waals surface area contributed by atoms with Gasteiger partial charge in [0, 0.05) is 17.1 Å². The van der Waals surface area contributed by atoms with E-state index in [2.05, 4.69) is 19.1 Å². The number of para-hydroxylation sites is 1. The van der Waals surface area contributed by atoms with Gasteiger partial charge in [0.2, 0.25) is 0 Å². The Morgan fingerprint density at radius 2 is 1.68 bits per heavy atom. The van der Waals surface area contributed by atoms with Crippen LogP contribution >= 0.6 is 11.6 Å². The Hall–Kier alpha value is -3.11. The molecular formula is C26H25ClN2O2. The van der Waals surface area contributed by atoms with Crippen LogP contribution in [-0.2, 0) is 13.0 Å². The van der Waals surface area contributed by atoms with Crippen LogP contribution in [0.1, 0.15) is 25.3 Å². The van der Waals surface area contributed by atoms with Crippen molar-refractivity contribution in [2.75, 3.05) is 6.61 Å². The standard InChI is InChI=1S/C26H25ClN2O2/c1-2-19-9-15-22(16-10-19)31-18-6-5-17-29-25(20-11-13-21(27)14-12-20)28-24-8-4-3-7-23(24)26(29)30/h3-4,7-16H,2,5-6,17-18H2,1H3. The Morgan fingerprint density at radius 1 is 0.935 bits per heavy atom. The number of unbranched alkanes of at least 4 members (excludes halogenated alkanes) is 1. The van der Waals surface area contributed by atoms with Gasteiger partial charge >= 0.3 is 0 Å². The highest BCUT2D eigenvalue weighted by atomic mass is 35.5. The predicted octanol–water partition coefficient (Wildman–Crippen LogP) is 6.14. The fourth-order valence-electron chi connectivity index (χ4n) is 3.58. The largest absolute Gasteiger partial charge is 0.494 e. The van der Waals surface area contributed by atoms with Crippen LogP contribution in [0.3, 0.4) is 0 Å². The second kappa shape index (κ2) is 9.80. The van der Waals surface area contributed by atoms with Crippen molar-refractivity contribution in [2.24, 2.45) is 0 Å².